The molecule has 1 N–H and O–H groups in total. The second-order valence-corrected chi connectivity index (χ2v) is 5.38. The fraction of sp³-hybridized carbons (Fsp3) is 0.900. The molecule has 4 bridgehead atoms. The SMILES string of the molecule is O=C1NC23CC4CC(C2)CC3(C4)O1. The third kappa shape index (κ3) is 0.542. The molecular formula is C10H13NO2. The van der Waals surface area contributed by atoms with Gasteiger partial charge in [-0.05, 0) is 43.9 Å². The average Bonchev–Trinajstić information content (AvgIpc) is 2.37. The minimum Gasteiger partial charge on any atom is -0.440 e. The largest absolute Gasteiger partial charge is 0.440 e. The zero-order valence-electron chi connectivity index (χ0n) is 7.51. The van der Waals surface area contributed by atoms with Crippen LogP contribution >= 0.6 is 0 Å². The summed E-state index contributed by atoms with van der Waals surface area (Å²) >= 11 is 0. The lowest BCUT2D eigenvalue weighted by Crippen LogP contribution is -2.48. The Hall–Kier alpha value is -0.730. The van der Waals surface area contributed by atoms with Gasteiger partial charge in [-0.15, -0.1) is 0 Å². The summed E-state index contributed by atoms with van der Waals surface area (Å²) < 4.78 is 5.54. The van der Waals surface area contributed by atoms with E-state index in [4.69, 9.17) is 4.74 Å². The minimum atomic E-state index is -0.168. The summed E-state index contributed by atoms with van der Waals surface area (Å²) in [5.41, 5.74) is -0.00463. The summed E-state index contributed by atoms with van der Waals surface area (Å²) in [6, 6.07) is 0. The highest BCUT2D eigenvalue weighted by Crippen LogP contribution is 2.65. The molecule has 1 amide bonds. The highest BCUT2D eigenvalue weighted by Gasteiger charge is 2.73. The standard InChI is InChI=1S/C10H13NO2/c12-8-11-9-2-6-1-7(3-9)5-10(9,4-6)13-8/h6-7H,1-5H2,(H,11,12). The minimum absolute atomic E-state index is 0.0671. The van der Waals surface area contributed by atoms with Crippen LogP contribution in [0.3, 0.4) is 0 Å². The first-order valence-corrected chi connectivity index (χ1v) is 5.23. The Bertz CT molecular complexity index is 272. The molecule has 0 aromatic rings. The van der Waals surface area contributed by atoms with Gasteiger partial charge in [-0.1, -0.05) is 0 Å². The number of rotatable bonds is 0. The van der Waals surface area contributed by atoms with Gasteiger partial charge in [0.15, 0.2) is 0 Å². The molecule has 3 nitrogen and oxygen atoms in total. The third-order valence-electron chi connectivity index (χ3n) is 4.68. The van der Waals surface area contributed by atoms with Crippen LogP contribution in [0.2, 0.25) is 0 Å². The van der Waals surface area contributed by atoms with Crippen LogP contribution < -0.4 is 5.32 Å². The maximum absolute atomic E-state index is 11.2. The maximum atomic E-state index is 11.2. The van der Waals surface area contributed by atoms with E-state index in [0.29, 0.717) is 0 Å². The number of alkyl carbamates (subject to hydrolysis) is 1. The first-order valence-electron chi connectivity index (χ1n) is 5.23. The number of hydrogen-bond donors (Lipinski definition) is 1. The molecule has 5 rings (SSSR count). The van der Waals surface area contributed by atoms with Crippen LogP contribution in [0.1, 0.15) is 32.1 Å². The van der Waals surface area contributed by atoms with Gasteiger partial charge < -0.3 is 10.1 Å². The summed E-state index contributed by atoms with van der Waals surface area (Å²) in [6.45, 7) is 0. The van der Waals surface area contributed by atoms with Crippen LogP contribution in [0.5, 0.6) is 0 Å². The molecule has 3 heteroatoms. The lowest BCUT2D eigenvalue weighted by atomic mass is 9.80. The Morgan fingerprint density at radius 1 is 1.23 bits per heavy atom. The van der Waals surface area contributed by atoms with E-state index in [1.165, 1.54) is 19.3 Å². The van der Waals surface area contributed by atoms with E-state index >= 15 is 0 Å². The third-order valence-corrected chi connectivity index (χ3v) is 4.68. The quantitative estimate of drug-likeness (QED) is 0.611. The highest BCUT2D eigenvalue weighted by atomic mass is 16.6. The van der Waals surface area contributed by atoms with Gasteiger partial charge in [0.05, 0.1) is 5.54 Å². The number of amides is 1. The molecule has 5 aliphatic rings. The first-order chi connectivity index (χ1) is 6.21. The van der Waals surface area contributed by atoms with Gasteiger partial charge in [0, 0.05) is 0 Å². The number of ether oxygens (including phenoxy) is 1. The van der Waals surface area contributed by atoms with Crippen molar-refractivity contribution >= 4 is 6.09 Å². The van der Waals surface area contributed by atoms with Crippen molar-refractivity contribution < 1.29 is 9.53 Å². The van der Waals surface area contributed by atoms with Crippen molar-refractivity contribution in [3.8, 4) is 0 Å². The maximum Gasteiger partial charge on any atom is 0.408 e. The van der Waals surface area contributed by atoms with Gasteiger partial charge in [0.2, 0.25) is 0 Å². The number of carbonyl (C=O) groups is 1. The van der Waals surface area contributed by atoms with Crippen LogP contribution in [0.4, 0.5) is 4.79 Å². The molecule has 4 aliphatic carbocycles. The molecule has 0 aromatic carbocycles. The van der Waals surface area contributed by atoms with Gasteiger partial charge >= 0.3 is 6.09 Å². The molecule has 70 valence electrons. The summed E-state index contributed by atoms with van der Waals surface area (Å²) in [6.07, 6.45) is 5.82. The molecular weight excluding hydrogens is 166 g/mol. The van der Waals surface area contributed by atoms with E-state index < -0.39 is 0 Å². The molecule has 5 fully saturated rings. The Morgan fingerprint density at radius 2 is 1.92 bits per heavy atom. The molecule has 2 atom stereocenters. The van der Waals surface area contributed by atoms with Crippen molar-refractivity contribution in [2.75, 3.05) is 0 Å². The molecule has 0 aromatic heterocycles. The second-order valence-electron chi connectivity index (χ2n) is 5.38. The lowest BCUT2D eigenvalue weighted by Gasteiger charge is -2.29. The molecule has 1 aliphatic heterocycles. The Labute approximate surface area is 76.8 Å². The van der Waals surface area contributed by atoms with Crippen molar-refractivity contribution in [1.82, 2.24) is 5.32 Å². The molecule has 0 radical (unpaired) electrons. The molecule has 1 saturated heterocycles. The highest BCUT2D eigenvalue weighted by molar-refractivity contribution is 5.73. The summed E-state index contributed by atoms with van der Waals surface area (Å²) in [5.74, 6) is 1.65. The average molecular weight is 179 g/mol. The molecule has 2 spiro atoms. The van der Waals surface area contributed by atoms with Crippen molar-refractivity contribution in [2.45, 2.75) is 43.2 Å². The zero-order valence-corrected chi connectivity index (χ0v) is 7.51. The Balaban J connectivity index is 1.90. The van der Waals surface area contributed by atoms with E-state index in [0.717, 1.165) is 24.7 Å². The number of hydrogen-bond acceptors (Lipinski definition) is 2. The van der Waals surface area contributed by atoms with E-state index in [2.05, 4.69) is 5.32 Å². The number of nitrogens with one attached hydrogen (secondary N) is 1. The molecule has 1 heterocycles. The fourth-order valence-corrected chi connectivity index (χ4v) is 4.59. The van der Waals surface area contributed by atoms with Gasteiger partial charge in [0.25, 0.3) is 0 Å². The van der Waals surface area contributed by atoms with Crippen molar-refractivity contribution in [3.63, 3.8) is 0 Å². The van der Waals surface area contributed by atoms with Crippen LogP contribution in [0, 0.1) is 11.8 Å². The van der Waals surface area contributed by atoms with E-state index in [1.54, 1.807) is 0 Å². The molecule has 2 unspecified atom stereocenters. The first kappa shape index (κ1) is 6.68. The van der Waals surface area contributed by atoms with E-state index in [9.17, 15) is 4.79 Å². The van der Waals surface area contributed by atoms with Crippen molar-refractivity contribution in [3.05, 3.63) is 0 Å². The summed E-state index contributed by atoms with van der Waals surface area (Å²) in [4.78, 5) is 11.2. The zero-order chi connectivity index (χ0) is 8.68. The van der Waals surface area contributed by atoms with Crippen molar-refractivity contribution in [2.24, 2.45) is 11.8 Å². The summed E-state index contributed by atoms with van der Waals surface area (Å²) in [7, 11) is 0. The summed E-state index contributed by atoms with van der Waals surface area (Å²) in [5, 5.41) is 3.08. The Kier molecular flexibility index (Phi) is 0.822. The molecule has 4 saturated carbocycles. The fourth-order valence-electron chi connectivity index (χ4n) is 4.59. The van der Waals surface area contributed by atoms with E-state index in [1.807, 2.05) is 0 Å². The van der Waals surface area contributed by atoms with Crippen LogP contribution in [0.25, 0.3) is 0 Å². The van der Waals surface area contributed by atoms with Gasteiger partial charge in [-0.2, -0.15) is 0 Å². The lowest BCUT2D eigenvalue weighted by molar-refractivity contribution is 0.0205. The van der Waals surface area contributed by atoms with Gasteiger partial charge in [-0.25, -0.2) is 4.79 Å². The normalized spacial score (nSPS) is 60.8. The van der Waals surface area contributed by atoms with Crippen LogP contribution in [-0.4, -0.2) is 17.2 Å². The predicted octanol–water partition coefficient (Wildman–Crippen LogP) is 1.43. The van der Waals surface area contributed by atoms with Gasteiger partial charge in [0.1, 0.15) is 5.60 Å². The predicted molar refractivity (Wildman–Crippen MR) is 45.1 cm³/mol. The molecule has 13 heavy (non-hydrogen) atoms. The van der Waals surface area contributed by atoms with E-state index in [-0.39, 0.29) is 17.2 Å². The monoisotopic (exact) mass is 179 g/mol. The van der Waals surface area contributed by atoms with Crippen LogP contribution in [0.15, 0.2) is 0 Å². The van der Waals surface area contributed by atoms with Gasteiger partial charge in [-0.3, -0.25) is 0 Å². The number of carbonyl (C=O) groups excluding carboxylic acids is 1. The van der Waals surface area contributed by atoms with Crippen LogP contribution in [-0.2, 0) is 4.74 Å². The topological polar surface area (TPSA) is 38.3 Å². The Morgan fingerprint density at radius 3 is 2.54 bits per heavy atom. The smallest absolute Gasteiger partial charge is 0.408 e. The van der Waals surface area contributed by atoms with Crippen molar-refractivity contribution in [1.29, 1.82) is 0 Å². The second kappa shape index (κ2) is 1.60.